The number of aromatic amines is 1. The molecule has 1 fully saturated rings. The largest absolute Gasteiger partial charge is 0.483 e. The van der Waals surface area contributed by atoms with Crippen molar-refractivity contribution < 1.29 is 9.90 Å². The number of carboxylic acid groups (broad SMARTS) is 1. The molecule has 2 aliphatic rings. The Balaban J connectivity index is 0.000000408. The van der Waals surface area contributed by atoms with Crippen molar-refractivity contribution in [3.63, 3.8) is 0 Å². The molecule has 6 nitrogen and oxygen atoms in total. The zero-order valence-electron chi connectivity index (χ0n) is 11.2. The van der Waals surface area contributed by atoms with Crippen molar-refractivity contribution in [2.45, 2.75) is 44.7 Å². The Morgan fingerprint density at radius 3 is 2.58 bits per heavy atom. The topological polar surface area (TPSA) is 86.3 Å². The number of fused-ring (bicyclic) bond motifs is 3. The second-order valence-corrected chi connectivity index (χ2v) is 5.14. The van der Waals surface area contributed by atoms with Crippen LogP contribution in [0.4, 0.5) is 0 Å². The Morgan fingerprint density at radius 1 is 1.37 bits per heavy atom. The third-order valence-electron chi connectivity index (χ3n) is 4.07. The summed E-state index contributed by atoms with van der Waals surface area (Å²) >= 11 is 0. The van der Waals surface area contributed by atoms with Crippen molar-refractivity contribution in [1.29, 1.82) is 0 Å². The van der Waals surface area contributed by atoms with Gasteiger partial charge in [0, 0.05) is 24.1 Å². The standard InChI is InChI=1S/C12H17N3O.CH2O2/c1-7-13-11-6-9-4-3-8(15(9)2)5-10(11)12(16)14-7;2-1-3/h8-9H,3-6H2,1-2H3,(H,13,14,16);1H,(H,2,3). The number of likely N-dealkylation sites (N-methyl/N-ethyl adjacent to an activating group) is 1. The highest BCUT2D eigenvalue weighted by molar-refractivity contribution is 5.32. The van der Waals surface area contributed by atoms with E-state index in [1.165, 1.54) is 12.8 Å². The number of carbonyl (C=O) groups is 1. The zero-order valence-corrected chi connectivity index (χ0v) is 11.2. The highest BCUT2D eigenvalue weighted by Gasteiger charge is 2.35. The van der Waals surface area contributed by atoms with Gasteiger partial charge >= 0.3 is 0 Å². The predicted molar refractivity (Wildman–Crippen MR) is 70.3 cm³/mol. The molecule has 2 aliphatic heterocycles. The molecule has 3 rings (SSSR count). The van der Waals surface area contributed by atoms with Crippen LogP contribution < -0.4 is 5.56 Å². The van der Waals surface area contributed by atoms with Crippen molar-refractivity contribution in [2.75, 3.05) is 7.05 Å². The fraction of sp³-hybridized carbons (Fsp3) is 0.615. The van der Waals surface area contributed by atoms with Gasteiger partial charge in [-0.3, -0.25) is 14.5 Å². The van der Waals surface area contributed by atoms with Crippen molar-refractivity contribution >= 4 is 6.47 Å². The van der Waals surface area contributed by atoms with E-state index in [2.05, 4.69) is 21.9 Å². The summed E-state index contributed by atoms with van der Waals surface area (Å²) in [5.74, 6) is 0.740. The lowest BCUT2D eigenvalue weighted by molar-refractivity contribution is -0.122. The number of hydrogen-bond acceptors (Lipinski definition) is 4. The summed E-state index contributed by atoms with van der Waals surface area (Å²) in [7, 11) is 2.18. The molecule has 0 radical (unpaired) electrons. The van der Waals surface area contributed by atoms with Gasteiger partial charge in [-0.15, -0.1) is 0 Å². The van der Waals surface area contributed by atoms with Crippen LogP contribution in [0.25, 0.3) is 0 Å². The van der Waals surface area contributed by atoms with Gasteiger partial charge in [-0.2, -0.15) is 0 Å². The molecule has 104 valence electrons. The molecule has 0 amide bonds. The molecule has 6 heteroatoms. The molecule has 3 heterocycles. The second kappa shape index (κ2) is 5.52. The van der Waals surface area contributed by atoms with Gasteiger partial charge in [0.1, 0.15) is 5.82 Å². The fourth-order valence-corrected chi connectivity index (χ4v) is 3.09. The van der Waals surface area contributed by atoms with Gasteiger partial charge in [0.2, 0.25) is 0 Å². The first-order chi connectivity index (χ1) is 9.06. The number of aromatic nitrogens is 2. The lowest BCUT2D eigenvalue weighted by Crippen LogP contribution is -2.32. The second-order valence-electron chi connectivity index (χ2n) is 5.14. The first kappa shape index (κ1) is 13.7. The van der Waals surface area contributed by atoms with Crippen LogP contribution in [0.5, 0.6) is 0 Å². The number of rotatable bonds is 0. The van der Waals surface area contributed by atoms with E-state index in [1.54, 1.807) is 0 Å². The van der Waals surface area contributed by atoms with Crippen molar-refractivity contribution in [2.24, 2.45) is 0 Å². The first-order valence-corrected chi connectivity index (χ1v) is 6.45. The van der Waals surface area contributed by atoms with E-state index >= 15 is 0 Å². The van der Waals surface area contributed by atoms with Gasteiger partial charge in [-0.1, -0.05) is 0 Å². The Kier molecular flexibility index (Phi) is 3.99. The van der Waals surface area contributed by atoms with Gasteiger partial charge in [-0.05, 0) is 33.2 Å². The molecule has 2 bridgehead atoms. The zero-order chi connectivity index (χ0) is 14.0. The first-order valence-electron chi connectivity index (χ1n) is 6.45. The predicted octanol–water partition coefficient (Wildman–Crippen LogP) is 0.341. The number of nitrogens with one attached hydrogen (secondary N) is 1. The highest BCUT2D eigenvalue weighted by atomic mass is 16.3. The minimum Gasteiger partial charge on any atom is -0.483 e. The maximum absolute atomic E-state index is 11.9. The molecule has 0 saturated carbocycles. The molecular formula is C13H19N3O3. The fourth-order valence-electron chi connectivity index (χ4n) is 3.09. The van der Waals surface area contributed by atoms with Crippen LogP contribution in [-0.2, 0) is 17.6 Å². The molecule has 0 spiro atoms. The minimum atomic E-state index is -0.250. The van der Waals surface area contributed by atoms with Gasteiger partial charge in [0.05, 0.1) is 5.69 Å². The van der Waals surface area contributed by atoms with Crippen LogP contribution in [0.3, 0.4) is 0 Å². The lowest BCUT2D eigenvalue weighted by atomic mass is 9.98. The summed E-state index contributed by atoms with van der Waals surface area (Å²) < 4.78 is 0. The Morgan fingerprint density at radius 2 is 1.95 bits per heavy atom. The summed E-state index contributed by atoms with van der Waals surface area (Å²) in [6.45, 7) is 1.61. The molecule has 1 aromatic rings. The molecule has 0 aromatic carbocycles. The van der Waals surface area contributed by atoms with E-state index in [1.807, 2.05) is 6.92 Å². The van der Waals surface area contributed by atoms with Crippen molar-refractivity contribution in [3.8, 4) is 0 Å². The smallest absolute Gasteiger partial charge is 0.290 e. The van der Waals surface area contributed by atoms with Crippen LogP contribution in [0.15, 0.2) is 4.79 Å². The molecule has 1 aromatic heterocycles. The highest BCUT2D eigenvalue weighted by Crippen LogP contribution is 2.30. The van der Waals surface area contributed by atoms with E-state index < -0.39 is 0 Å². The Hall–Kier alpha value is -1.69. The summed E-state index contributed by atoms with van der Waals surface area (Å²) in [4.78, 5) is 30.0. The van der Waals surface area contributed by atoms with Gasteiger partial charge in [0.25, 0.3) is 12.0 Å². The normalized spacial score (nSPS) is 24.9. The van der Waals surface area contributed by atoms with E-state index in [-0.39, 0.29) is 12.0 Å². The molecule has 19 heavy (non-hydrogen) atoms. The quantitative estimate of drug-likeness (QED) is 0.661. The maximum Gasteiger partial charge on any atom is 0.290 e. The number of aryl methyl sites for hydroxylation is 1. The van der Waals surface area contributed by atoms with E-state index in [0.717, 1.165) is 29.9 Å². The molecule has 0 aliphatic carbocycles. The van der Waals surface area contributed by atoms with Crippen LogP contribution in [-0.4, -0.2) is 45.6 Å². The van der Waals surface area contributed by atoms with Crippen LogP contribution >= 0.6 is 0 Å². The third-order valence-corrected chi connectivity index (χ3v) is 4.07. The minimum absolute atomic E-state index is 0.0726. The van der Waals surface area contributed by atoms with E-state index in [4.69, 9.17) is 9.90 Å². The molecule has 2 unspecified atom stereocenters. The van der Waals surface area contributed by atoms with E-state index in [9.17, 15) is 4.79 Å². The van der Waals surface area contributed by atoms with Crippen molar-refractivity contribution in [3.05, 3.63) is 27.4 Å². The Bertz CT molecular complexity index is 526. The summed E-state index contributed by atoms with van der Waals surface area (Å²) in [6, 6.07) is 1.12. The molecule has 2 N–H and O–H groups in total. The number of H-pyrrole nitrogens is 1. The maximum atomic E-state index is 11.9. The average Bonchev–Trinajstić information content (AvgIpc) is 2.57. The monoisotopic (exact) mass is 265 g/mol. The average molecular weight is 265 g/mol. The van der Waals surface area contributed by atoms with Crippen LogP contribution in [0.2, 0.25) is 0 Å². The molecule has 1 saturated heterocycles. The molecular weight excluding hydrogens is 246 g/mol. The number of nitrogens with zero attached hydrogens (tertiary/aromatic N) is 2. The third kappa shape index (κ3) is 2.68. The van der Waals surface area contributed by atoms with Crippen LogP contribution in [0.1, 0.15) is 29.9 Å². The van der Waals surface area contributed by atoms with Crippen molar-refractivity contribution in [1.82, 2.24) is 14.9 Å². The Labute approximate surface area is 111 Å². The summed E-state index contributed by atoms with van der Waals surface area (Å²) in [5, 5.41) is 6.89. The van der Waals surface area contributed by atoms with Gasteiger partial charge < -0.3 is 10.1 Å². The van der Waals surface area contributed by atoms with E-state index in [0.29, 0.717) is 12.1 Å². The van der Waals surface area contributed by atoms with Gasteiger partial charge in [0.15, 0.2) is 0 Å². The molecule has 2 atom stereocenters. The summed E-state index contributed by atoms with van der Waals surface area (Å²) in [6.07, 6.45) is 4.26. The van der Waals surface area contributed by atoms with Crippen LogP contribution in [0, 0.1) is 6.92 Å². The SMILES string of the molecule is Cc1nc2c(c(=O)[nH]1)CC1CCC(C2)N1C.O=CO. The van der Waals surface area contributed by atoms with Gasteiger partial charge in [-0.25, -0.2) is 4.98 Å². The summed E-state index contributed by atoms with van der Waals surface area (Å²) in [5.41, 5.74) is 2.02. The number of hydrogen-bond donors (Lipinski definition) is 2. The lowest BCUT2D eigenvalue weighted by Gasteiger charge is -2.21.